The first-order valence-electron chi connectivity index (χ1n) is 9.69. The molecule has 154 valence electrons. The number of H-pyrrole nitrogens is 1. The van der Waals surface area contributed by atoms with Crippen molar-refractivity contribution in [1.29, 1.82) is 0 Å². The molecule has 1 atom stereocenters. The largest absolute Gasteiger partial charge is 0.462 e. The predicted octanol–water partition coefficient (Wildman–Crippen LogP) is 3.53. The summed E-state index contributed by atoms with van der Waals surface area (Å²) in [6.07, 6.45) is 2.48. The Morgan fingerprint density at radius 3 is 2.54 bits per heavy atom. The van der Waals surface area contributed by atoms with Crippen LogP contribution < -0.4 is 5.56 Å². The maximum absolute atomic E-state index is 12.7. The van der Waals surface area contributed by atoms with E-state index in [1.807, 2.05) is 27.7 Å². The van der Waals surface area contributed by atoms with Crippen LogP contribution >= 0.6 is 0 Å². The number of aromatic nitrogens is 2. The zero-order valence-electron chi connectivity index (χ0n) is 18.2. The number of ether oxygens (including phenoxy) is 1. The summed E-state index contributed by atoms with van der Waals surface area (Å²) in [6.45, 7) is 13.2. The summed E-state index contributed by atoms with van der Waals surface area (Å²) < 4.78 is 6.84. The maximum atomic E-state index is 12.7. The van der Waals surface area contributed by atoms with Gasteiger partial charge < -0.3 is 19.4 Å². The smallest absolute Gasteiger partial charge is 0.340 e. The fraction of sp³-hybridized carbons (Fsp3) is 0.545. The van der Waals surface area contributed by atoms with Crippen LogP contribution in [0.2, 0.25) is 0 Å². The molecule has 0 bridgehead atoms. The molecule has 6 heteroatoms. The molecule has 0 fully saturated rings. The van der Waals surface area contributed by atoms with Gasteiger partial charge >= 0.3 is 5.97 Å². The second kappa shape index (κ2) is 9.61. The maximum Gasteiger partial charge on any atom is 0.340 e. The molecule has 0 spiro atoms. The Labute approximate surface area is 166 Å². The van der Waals surface area contributed by atoms with Crippen molar-refractivity contribution < 1.29 is 14.6 Å². The highest BCUT2D eigenvalue weighted by molar-refractivity contribution is 6.07. The van der Waals surface area contributed by atoms with Crippen molar-refractivity contribution in [3.05, 3.63) is 33.4 Å². The normalized spacial score (nSPS) is 11.9. The fourth-order valence-electron chi connectivity index (χ4n) is 2.53. The van der Waals surface area contributed by atoms with Gasteiger partial charge in [0.15, 0.2) is 0 Å². The van der Waals surface area contributed by atoms with E-state index < -0.39 is 11.6 Å². The lowest BCUT2D eigenvalue weighted by Crippen LogP contribution is -2.18. The zero-order chi connectivity index (χ0) is 21.6. The summed E-state index contributed by atoms with van der Waals surface area (Å²) in [7, 11) is 1.62. The molecule has 2 aromatic heterocycles. The van der Waals surface area contributed by atoms with Crippen molar-refractivity contribution in [2.75, 3.05) is 6.61 Å². The van der Waals surface area contributed by atoms with E-state index in [4.69, 9.17) is 4.74 Å². The molecular weight excluding hydrogens is 356 g/mol. The number of nitrogens with zero attached hydrogens (tertiary/aromatic N) is 1. The molecule has 2 aromatic rings. The molecular formula is C22H32N2O4. The number of esters is 1. The number of rotatable bonds is 4. The molecule has 2 N–H and O–H groups in total. The van der Waals surface area contributed by atoms with Gasteiger partial charge in [-0.15, -0.1) is 0 Å². The van der Waals surface area contributed by atoms with Gasteiger partial charge in [-0.3, -0.25) is 4.79 Å². The highest BCUT2D eigenvalue weighted by Crippen LogP contribution is 2.24. The van der Waals surface area contributed by atoms with Gasteiger partial charge in [-0.25, -0.2) is 4.79 Å². The minimum atomic E-state index is -1.19. The Morgan fingerprint density at radius 1 is 1.39 bits per heavy atom. The number of aromatic amines is 1. The number of aliphatic hydroxyl groups is 1. The first-order chi connectivity index (χ1) is 13.0. The van der Waals surface area contributed by atoms with E-state index in [-0.39, 0.29) is 11.5 Å². The third-order valence-corrected chi connectivity index (χ3v) is 4.22. The summed E-state index contributed by atoms with van der Waals surface area (Å²) in [5, 5.41) is 10.3. The lowest BCUT2D eigenvalue weighted by atomic mass is 10.1. The Morgan fingerprint density at radius 2 is 2.00 bits per heavy atom. The van der Waals surface area contributed by atoms with Crippen LogP contribution in [0.4, 0.5) is 0 Å². The fourth-order valence-corrected chi connectivity index (χ4v) is 2.53. The summed E-state index contributed by atoms with van der Waals surface area (Å²) in [5.74, 6) is 5.41. The van der Waals surface area contributed by atoms with Gasteiger partial charge in [-0.05, 0) is 26.7 Å². The van der Waals surface area contributed by atoms with E-state index >= 15 is 0 Å². The lowest BCUT2D eigenvalue weighted by molar-refractivity contribution is 0.0448. The van der Waals surface area contributed by atoms with Crippen LogP contribution in [-0.4, -0.2) is 32.8 Å². The lowest BCUT2D eigenvalue weighted by Gasteiger charge is -2.10. The molecule has 0 saturated heterocycles. The first-order valence-corrected chi connectivity index (χ1v) is 9.69. The second-order valence-corrected chi connectivity index (χ2v) is 7.25. The third-order valence-electron chi connectivity index (χ3n) is 4.22. The molecule has 6 nitrogen and oxygen atoms in total. The van der Waals surface area contributed by atoms with Gasteiger partial charge in [0.05, 0.1) is 17.7 Å². The standard InChI is InChI=1S/C20H26N2O4.C2H6/c1-7-12(2)11-26-19(24)15-13(3)21-17-16(15)14(8-9-20(4,5)25)10-22(6)18(17)23;1-2/h10,12,21,25H,7,11H2,1-6H3;1-2H3. The number of hydrogen-bond donors (Lipinski definition) is 2. The van der Waals surface area contributed by atoms with Crippen molar-refractivity contribution in [3.8, 4) is 11.8 Å². The number of carbonyl (C=O) groups excluding carboxylic acids is 1. The van der Waals surface area contributed by atoms with Crippen LogP contribution in [0.3, 0.4) is 0 Å². The van der Waals surface area contributed by atoms with Crippen molar-refractivity contribution in [1.82, 2.24) is 9.55 Å². The minimum absolute atomic E-state index is 0.252. The van der Waals surface area contributed by atoms with E-state index in [0.29, 0.717) is 34.3 Å². The van der Waals surface area contributed by atoms with E-state index in [2.05, 4.69) is 16.8 Å². The number of pyridine rings is 1. The zero-order valence-corrected chi connectivity index (χ0v) is 18.2. The quantitative estimate of drug-likeness (QED) is 0.620. The first kappa shape index (κ1) is 23.5. The van der Waals surface area contributed by atoms with Crippen molar-refractivity contribution in [2.45, 2.75) is 60.5 Å². The van der Waals surface area contributed by atoms with Crippen LogP contribution in [0.15, 0.2) is 11.0 Å². The molecule has 0 saturated carbocycles. The Kier molecular flexibility index (Phi) is 8.07. The minimum Gasteiger partial charge on any atom is -0.462 e. The molecule has 0 aliphatic heterocycles. The Bertz CT molecular complexity index is 949. The average Bonchev–Trinajstić information content (AvgIpc) is 2.99. The third kappa shape index (κ3) is 5.49. The number of hydrogen-bond acceptors (Lipinski definition) is 4. The van der Waals surface area contributed by atoms with E-state index in [9.17, 15) is 14.7 Å². The van der Waals surface area contributed by atoms with E-state index in [0.717, 1.165) is 6.42 Å². The van der Waals surface area contributed by atoms with Crippen molar-refractivity contribution in [2.24, 2.45) is 13.0 Å². The van der Waals surface area contributed by atoms with Crippen molar-refractivity contribution in [3.63, 3.8) is 0 Å². The molecule has 2 heterocycles. The van der Waals surface area contributed by atoms with Crippen LogP contribution in [0.1, 0.15) is 69.6 Å². The monoisotopic (exact) mass is 388 g/mol. The highest BCUT2D eigenvalue weighted by atomic mass is 16.5. The molecule has 0 radical (unpaired) electrons. The number of aryl methyl sites for hydroxylation is 2. The number of fused-ring (bicyclic) bond motifs is 1. The van der Waals surface area contributed by atoms with Gasteiger partial charge in [0, 0.05) is 24.3 Å². The SMILES string of the molecule is CC.CCC(C)COC(=O)c1c(C)[nH]c2c(=O)n(C)cc(C#CC(C)(C)O)c12. The summed E-state index contributed by atoms with van der Waals surface area (Å²) >= 11 is 0. The van der Waals surface area contributed by atoms with Gasteiger partial charge in [0.25, 0.3) is 5.56 Å². The van der Waals surface area contributed by atoms with E-state index in [1.54, 1.807) is 34.0 Å². The highest BCUT2D eigenvalue weighted by Gasteiger charge is 2.23. The molecule has 1 unspecified atom stereocenters. The molecule has 0 amide bonds. The van der Waals surface area contributed by atoms with Crippen LogP contribution in [0, 0.1) is 24.7 Å². The van der Waals surface area contributed by atoms with Gasteiger partial charge in [0.1, 0.15) is 11.1 Å². The summed E-state index contributed by atoms with van der Waals surface area (Å²) in [4.78, 5) is 28.1. The average molecular weight is 389 g/mol. The van der Waals surface area contributed by atoms with Gasteiger partial charge in [-0.1, -0.05) is 46.0 Å². The van der Waals surface area contributed by atoms with Crippen LogP contribution in [-0.2, 0) is 11.8 Å². The van der Waals surface area contributed by atoms with Crippen LogP contribution in [0.25, 0.3) is 10.9 Å². The Balaban J connectivity index is 0.00000190. The molecule has 0 aliphatic carbocycles. The van der Waals surface area contributed by atoms with Gasteiger partial charge in [0.2, 0.25) is 0 Å². The molecule has 28 heavy (non-hydrogen) atoms. The molecule has 0 aliphatic rings. The number of carbonyl (C=O) groups is 1. The Hall–Kier alpha value is -2.52. The van der Waals surface area contributed by atoms with Crippen molar-refractivity contribution >= 4 is 16.9 Å². The van der Waals surface area contributed by atoms with Gasteiger partial charge in [-0.2, -0.15) is 0 Å². The molecule has 2 rings (SSSR count). The predicted molar refractivity (Wildman–Crippen MR) is 113 cm³/mol. The number of nitrogens with one attached hydrogen (secondary N) is 1. The van der Waals surface area contributed by atoms with E-state index in [1.165, 1.54) is 4.57 Å². The second-order valence-electron chi connectivity index (χ2n) is 7.25. The summed E-state index contributed by atoms with van der Waals surface area (Å²) in [5.41, 5.74) is 0.235. The topological polar surface area (TPSA) is 84.3 Å². The van der Waals surface area contributed by atoms with Crippen LogP contribution in [0.5, 0.6) is 0 Å². The summed E-state index contributed by atoms with van der Waals surface area (Å²) in [6, 6.07) is 0. The molecule has 0 aromatic carbocycles.